The summed E-state index contributed by atoms with van der Waals surface area (Å²) in [6.45, 7) is 2.69. The Morgan fingerprint density at radius 1 is 1.33 bits per heavy atom. The quantitative estimate of drug-likeness (QED) is 0.357. The second-order valence-corrected chi connectivity index (χ2v) is 4.76. The normalized spacial score (nSPS) is 15.4. The van der Waals surface area contributed by atoms with Crippen molar-refractivity contribution in [2.45, 2.75) is 0 Å². The third-order valence-corrected chi connectivity index (χ3v) is 3.38. The van der Waals surface area contributed by atoms with Crippen LogP contribution in [-0.2, 0) is 4.79 Å². The molecule has 0 aromatic heterocycles. The molecule has 2 rings (SSSR count). The highest BCUT2D eigenvalue weighted by Crippen LogP contribution is 2.28. The highest BCUT2D eigenvalue weighted by molar-refractivity contribution is 5.95. The largest absolute Gasteiger partial charge is 0.336 e. The van der Waals surface area contributed by atoms with Gasteiger partial charge in [-0.2, -0.15) is 4.99 Å². The van der Waals surface area contributed by atoms with Gasteiger partial charge in [-0.3, -0.25) is 14.9 Å². The smallest absolute Gasteiger partial charge is 0.296 e. The van der Waals surface area contributed by atoms with Crippen LogP contribution < -0.4 is 0 Å². The van der Waals surface area contributed by atoms with Gasteiger partial charge in [0.2, 0.25) is 6.08 Å². The van der Waals surface area contributed by atoms with Crippen LogP contribution in [0.15, 0.2) is 23.2 Å². The molecular weight excluding hydrogens is 276 g/mol. The van der Waals surface area contributed by atoms with Crippen molar-refractivity contribution in [3.8, 4) is 0 Å². The van der Waals surface area contributed by atoms with Crippen LogP contribution in [0.1, 0.15) is 10.4 Å². The van der Waals surface area contributed by atoms with Gasteiger partial charge in [-0.15, -0.1) is 0 Å². The zero-order valence-corrected chi connectivity index (χ0v) is 11.5. The predicted molar refractivity (Wildman–Crippen MR) is 74.3 cm³/mol. The van der Waals surface area contributed by atoms with Gasteiger partial charge >= 0.3 is 0 Å². The molecule has 0 bridgehead atoms. The fourth-order valence-corrected chi connectivity index (χ4v) is 2.14. The second-order valence-electron chi connectivity index (χ2n) is 4.76. The molecule has 0 radical (unpaired) electrons. The van der Waals surface area contributed by atoms with Gasteiger partial charge in [0.15, 0.2) is 5.69 Å². The Balaban J connectivity index is 2.27. The first-order valence-electron chi connectivity index (χ1n) is 6.37. The third kappa shape index (κ3) is 3.31. The number of carbonyl (C=O) groups excluding carboxylic acids is 2. The maximum atomic E-state index is 12.3. The number of piperazine rings is 1. The fraction of sp³-hybridized carbons (Fsp3) is 0.385. The Kier molecular flexibility index (Phi) is 4.42. The Bertz CT molecular complexity index is 617. The molecule has 0 unspecified atom stereocenters. The van der Waals surface area contributed by atoms with Crippen molar-refractivity contribution in [1.29, 1.82) is 0 Å². The van der Waals surface area contributed by atoms with Gasteiger partial charge in [-0.25, -0.2) is 4.79 Å². The monoisotopic (exact) mass is 290 g/mol. The van der Waals surface area contributed by atoms with E-state index in [1.165, 1.54) is 18.2 Å². The van der Waals surface area contributed by atoms with Gasteiger partial charge in [-0.1, -0.05) is 0 Å². The van der Waals surface area contributed by atoms with E-state index in [-0.39, 0.29) is 22.8 Å². The van der Waals surface area contributed by atoms with E-state index in [4.69, 9.17) is 0 Å². The number of amides is 1. The van der Waals surface area contributed by atoms with E-state index >= 15 is 0 Å². The van der Waals surface area contributed by atoms with Gasteiger partial charge in [0.05, 0.1) is 4.92 Å². The number of likely N-dealkylation sites (N-methyl/N-ethyl adjacent to an activating group) is 1. The summed E-state index contributed by atoms with van der Waals surface area (Å²) in [6.07, 6.45) is 1.27. The second kappa shape index (κ2) is 6.25. The van der Waals surface area contributed by atoms with Crippen LogP contribution in [0.4, 0.5) is 11.4 Å². The van der Waals surface area contributed by atoms with E-state index in [1.54, 1.807) is 4.90 Å². The average molecular weight is 290 g/mol. The van der Waals surface area contributed by atoms with Gasteiger partial charge in [0, 0.05) is 37.8 Å². The van der Waals surface area contributed by atoms with E-state index in [0.717, 1.165) is 19.2 Å². The van der Waals surface area contributed by atoms with Crippen molar-refractivity contribution in [2.24, 2.45) is 4.99 Å². The molecule has 0 atom stereocenters. The lowest BCUT2D eigenvalue weighted by Gasteiger charge is -2.32. The summed E-state index contributed by atoms with van der Waals surface area (Å²) >= 11 is 0. The zero-order chi connectivity index (χ0) is 15.4. The van der Waals surface area contributed by atoms with Crippen molar-refractivity contribution in [3.63, 3.8) is 0 Å². The van der Waals surface area contributed by atoms with Crippen LogP contribution in [0.3, 0.4) is 0 Å². The molecular formula is C13H14N4O4. The molecule has 110 valence electrons. The lowest BCUT2D eigenvalue weighted by Crippen LogP contribution is -2.47. The number of hydrogen-bond donors (Lipinski definition) is 0. The topological polar surface area (TPSA) is 96.1 Å². The summed E-state index contributed by atoms with van der Waals surface area (Å²) in [4.78, 5) is 39.9. The van der Waals surface area contributed by atoms with Crippen LogP contribution >= 0.6 is 0 Å². The lowest BCUT2D eigenvalue weighted by atomic mass is 10.1. The van der Waals surface area contributed by atoms with Crippen LogP contribution in [0.2, 0.25) is 0 Å². The van der Waals surface area contributed by atoms with E-state index in [0.29, 0.717) is 13.1 Å². The minimum Gasteiger partial charge on any atom is -0.336 e. The van der Waals surface area contributed by atoms with E-state index in [1.807, 2.05) is 7.05 Å². The first-order chi connectivity index (χ1) is 10.0. The Morgan fingerprint density at radius 3 is 2.57 bits per heavy atom. The summed E-state index contributed by atoms with van der Waals surface area (Å²) in [5.41, 5.74) is -0.264. The molecule has 1 aliphatic heterocycles. The van der Waals surface area contributed by atoms with Crippen molar-refractivity contribution in [3.05, 3.63) is 33.9 Å². The minimum absolute atomic E-state index is 0.107. The van der Waals surface area contributed by atoms with Gasteiger partial charge in [0.1, 0.15) is 0 Å². The molecule has 8 heteroatoms. The maximum Gasteiger partial charge on any atom is 0.296 e. The summed E-state index contributed by atoms with van der Waals surface area (Å²) in [5, 5.41) is 11.0. The average Bonchev–Trinajstić information content (AvgIpc) is 2.48. The minimum atomic E-state index is -0.670. The molecule has 1 aromatic carbocycles. The van der Waals surface area contributed by atoms with E-state index < -0.39 is 4.92 Å². The van der Waals surface area contributed by atoms with E-state index in [9.17, 15) is 19.7 Å². The fourth-order valence-electron chi connectivity index (χ4n) is 2.14. The van der Waals surface area contributed by atoms with Crippen LogP contribution in [0, 0.1) is 10.1 Å². The predicted octanol–water partition coefficient (Wildman–Crippen LogP) is 0.950. The summed E-state index contributed by atoms with van der Waals surface area (Å²) in [5.74, 6) is -0.257. The van der Waals surface area contributed by atoms with Gasteiger partial charge in [-0.05, 0) is 19.2 Å². The Morgan fingerprint density at radius 2 is 2.00 bits per heavy atom. The van der Waals surface area contributed by atoms with Crippen molar-refractivity contribution < 1.29 is 14.5 Å². The molecule has 1 heterocycles. The SMILES string of the molecule is CN1CCN(C(=O)c2ccc(N=C=O)c([N+](=O)[O-])c2)CC1. The molecule has 1 aliphatic rings. The van der Waals surface area contributed by atoms with Gasteiger partial charge in [0.25, 0.3) is 11.6 Å². The van der Waals surface area contributed by atoms with Crippen LogP contribution in [0.25, 0.3) is 0 Å². The number of aliphatic imine (C=N–C) groups is 1. The molecule has 8 nitrogen and oxygen atoms in total. The Labute approximate surface area is 120 Å². The number of carbonyl (C=O) groups is 1. The molecule has 0 saturated carbocycles. The molecule has 0 N–H and O–H groups in total. The molecule has 1 saturated heterocycles. The first-order valence-corrected chi connectivity index (χ1v) is 6.37. The number of nitro groups is 1. The van der Waals surface area contributed by atoms with Crippen LogP contribution in [-0.4, -0.2) is 59.9 Å². The van der Waals surface area contributed by atoms with E-state index in [2.05, 4.69) is 9.89 Å². The summed E-state index contributed by atoms with van der Waals surface area (Å²) in [7, 11) is 1.97. The molecule has 1 amide bonds. The highest BCUT2D eigenvalue weighted by atomic mass is 16.6. The van der Waals surface area contributed by atoms with Crippen molar-refractivity contribution in [2.75, 3.05) is 33.2 Å². The maximum absolute atomic E-state index is 12.3. The summed E-state index contributed by atoms with van der Waals surface area (Å²) < 4.78 is 0. The zero-order valence-electron chi connectivity index (χ0n) is 11.5. The number of nitrogens with zero attached hydrogens (tertiary/aromatic N) is 4. The molecule has 1 fully saturated rings. The number of hydrogen-bond acceptors (Lipinski definition) is 6. The Hall–Kier alpha value is -2.57. The summed E-state index contributed by atoms with van der Waals surface area (Å²) in [6, 6.07) is 3.87. The number of benzene rings is 1. The first kappa shape index (κ1) is 14.8. The van der Waals surface area contributed by atoms with Crippen molar-refractivity contribution in [1.82, 2.24) is 9.80 Å². The number of isocyanates is 1. The number of nitro benzene ring substituents is 1. The molecule has 0 aliphatic carbocycles. The van der Waals surface area contributed by atoms with Crippen molar-refractivity contribution >= 4 is 23.4 Å². The molecule has 0 spiro atoms. The molecule has 21 heavy (non-hydrogen) atoms. The highest BCUT2D eigenvalue weighted by Gasteiger charge is 2.23. The number of rotatable bonds is 3. The molecule has 1 aromatic rings. The van der Waals surface area contributed by atoms with Gasteiger partial charge < -0.3 is 9.80 Å². The van der Waals surface area contributed by atoms with Crippen LogP contribution in [0.5, 0.6) is 0 Å². The standard InChI is InChI=1S/C13H14N4O4/c1-15-4-6-16(7-5-15)13(19)10-2-3-11(14-9-18)12(8-10)17(20)21/h2-3,8H,4-7H2,1H3. The third-order valence-electron chi connectivity index (χ3n) is 3.38. The lowest BCUT2D eigenvalue weighted by molar-refractivity contribution is -0.384.